The third-order valence-corrected chi connectivity index (χ3v) is 4.21. The average molecular weight is 345 g/mol. The Morgan fingerprint density at radius 1 is 1.24 bits per heavy atom. The zero-order chi connectivity index (χ0) is 12.1. The Hall–Kier alpha value is -0.130. The molecule has 0 spiro atoms. The fourth-order valence-electron chi connectivity index (χ4n) is 2.15. The molecule has 0 radical (unpaired) electrons. The number of hydrogen-bond acceptors (Lipinski definition) is 2. The lowest BCUT2D eigenvalue weighted by molar-refractivity contribution is 0.0240. The van der Waals surface area contributed by atoms with Gasteiger partial charge >= 0.3 is 0 Å². The molecule has 1 aliphatic rings. The Morgan fingerprint density at radius 2 is 1.88 bits per heavy atom. The maximum absolute atomic E-state index is 5.41. The third kappa shape index (κ3) is 4.23. The minimum Gasteiger partial charge on any atom is -0.381 e. The van der Waals surface area contributed by atoms with E-state index < -0.39 is 0 Å². The summed E-state index contributed by atoms with van der Waals surface area (Å²) in [6, 6.07) is 8.71. The normalized spacial score (nSPS) is 19.2. The second-order valence-electron chi connectivity index (χ2n) is 5.15. The molecule has 1 aromatic rings. The van der Waals surface area contributed by atoms with Gasteiger partial charge in [-0.1, -0.05) is 19.1 Å². The van der Waals surface area contributed by atoms with Crippen molar-refractivity contribution in [3.8, 4) is 0 Å². The van der Waals surface area contributed by atoms with Crippen LogP contribution in [0.1, 0.15) is 25.3 Å². The summed E-state index contributed by atoms with van der Waals surface area (Å²) in [6.07, 6.45) is 2.35. The van der Waals surface area contributed by atoms with Gasteiger partial charge in [0, 0.05) is 29.9 Å². The van der Waals surface area contributed by atoms with Gasteiger partial charge in [0.2, 0.25) is 0 Å². The van der Waals surface area contributed by atoms with Crippen LogP contribution in [0.4, 0.5) is 0 Å². The molecule has 1 heterocycles. The smallest absolute Gasteiger partial charge is 0.0471 e. The summed E-state index contributed by atoms with van der Waals surface area (Å²) < 4.78 is 6.71. The standard InChI is InChI=1S/C14H20INO/c1-14(6-8-17-9-7-14)11-16-10-12-2-4-13(15)5-3-12/h2-5,16H,6-11H2,1H3. The lowest BCUT2D eigenvalue weighted by atomic mass is 9.82. The van der Waals surface area contributed by atoms with Crippen LogP contribution in [0.2, 0.25) is 0 Å². The molecule has 0 unspecified atom stereocenters. The van der Waals surface area contributed by atoms with Crippen molar-refractivity contribution in [3.63, 3.8) is 0 Å². The second-order valence-corrected chi connectivity index (χ2v) is 6.40. The van der Waals surface area contributed by atoms with E-state index in [-0.39, 0.29) is 0 Å². The van der Waals surface area contributed by atoms with E-state index in [0.29, 0.717) is 5.41 Å². The van der Waals surface area contributed by atoms with Crippen molar-refractivity contribution < 1.29 is 4.74 Å². The van der Waals surface area contributed by atoms with E-state index in [2.05, 4.69) is 59.1 Å². The van der Waals surface area contributed by atoms with Crippen molar-refractivity contribution in [1.29, 1.82) is 0 Å². The minimum atomic E-state index is 0.418. The van der Waals surface area contributed by atoms with E-state index in [1.54, 1.807) is 0 Å². The zero-order valence-electron chi connectivity index (χ0n) is 10.3. The number of nitrogens with one attached hydrogen (secondary N) is 1. The molecule has 0 saturated carbocycles. The lowest BCUT2D eigenvalue weighted by Crippen LogP contribution is -2.36. The van der Waals surface area contributed by atoms with Crippen LogP contribution in [0.3, 0.4) is 0 Å². The number of halogens is 1. The molecular weight excluding hydrogens is 325 g/mol. The SMILES string of the molecule is CC1(CNCc2ccc(I)cc2)CCOCC1. The summed E-state index contributed by atoms with van der Waals surface area (Å²) >= 11 is 2.34. The van der Waals surface area contributed by atoms with Gasteiger partial charge in [0.05, 0.1) is 0 Å². The lowest BCUT2D eigenvalue weighted by Gasteiger charge is -2.33. The van der Waals surface area contributed by atoms with Crippen molar-refractivity contribution in [2.45, 2.75) is 26.3 Å². The number of rotatable bonds is 4. The molecule has 0 amide bonds. The van der Waals surface area contributed by atoms with Gasteiger partial charge in [-0.3, -0.25) is 0 Å². The number of ether oxygens (including phenoxy) is 1. The van der Waals surface area contributed by atoms with Gasteiger partial charge in [0.1, 0.15) is 0 Å². The molecule has 1 fully saturated rings. The highest BCUT2D eigenvalue weighted by Gasteiger charge is 2.26. The van der Waals surface area contributed by atoms with Gasteiger partial charge in [0.25, 0.3) is 0 Å². The van der Waals surface area contributed by atoms with Gasteiger partial charge in [-0.05, 0) is 58.5 Å². The van der Waals surface area contributed by atoms with E-state index in [1.807, 2.05) is 0 Å². The molecule has 3 heteroatoms. The van der Waals surface area contributed by atoms with Crippen molar-refractivity contribution in [2.24, 2.45) is 5.41 Å². The predicted molar refractivity (Wildman–Crippen MR) is 79.0 cm³/mol. The molecule has 2 nitrogen and oxygen atoms in total. The van der Waals surface area contributed by atoms with Crippen molar-refractivity contribution >= 4 is 22.6 Å². The zero-order valence-corrected chi connectivity index (χ0v) is 12.5. The molecule has 1 aromatic carbocycles. The topological polar surface area (TPSA) is 21.3 Å². The molecule has 1 aliphatic heterocycles. The van der Waals surface area contributed by atoms with Crippen molar-refractivity contribution in [1.82, 2.24) is 5.32 Å². The fourth-order valence-corrected chi connectivity index (χ4v) is 2.51. The van der Waals surface area contributed by atoms with Gasteiger partial charge in [-0.25, -0.2) is 0 Å². The Bertz CT molecular complexity index is 344. The number of hydrogen-bond donors (Lipinski definition) is 1. The van der Waals surface area contributed by atoms with Crippen LogP contribution in [0.15, 0.2) is 24.3 Å². The third-order valence-electron chi connectivity index (χ3n) is 3.49. The first-order valence-corrected chi connectivity index (χ1v) is 7.29. The average Bonchev–Trinajstić information content (AvgIpc) is 2.32. The molecule has 2 rings (SSSR count). The molecule has 0 aromatic heterocycles. The molecule has 0 bridgehead atoms. The van der Waals surface area contributed by atoms with Crippen LogP contribution in [0, 0.1) is 8.99 Å². The first kappa shape index (κ1) is 13.3. The summed E-state index contributed by atoms with van der Waals surface area (Å²) in [5.74, 6) is 0. The summed E-state index contributed by atoms with van der Waals surface area (Å²) in [4.78, 5) is 0. The van der Waals surface area contributed by atoms with Gasteiger partial charge in [-0.15, -0.1) is 0 Å². The predicted octanol–water partition coefficient (Wildman–Crippen LogP) is 3.20. The summed E-state index contributed by atoms with van der Waals surface area (Å²) in [5, 5.41) is 3.57. The van der Waals surface area contributed by atoms with Crippen LogP contribution in [0.5, 0.6) is 0 Å². The largest absolute Gasteiger partial charge is 0.381 e. The molecule has 1 N–H and O–H groups in total. The summed E-state index contributed by atoms with van der Waals surface area (Å²) in [7, 11) is 0. The highest BCUT2D eigenvalue weighted by Crippen LogP contribution is 2.28. The van der Waals surface area contributed by atoms with Crippen LogP contribution < -0.4 is 5.32 Å². The van der Waals surface area contributed by atoms with Gasteiger partial charge < -0.3 is 10.1 Å². The van der Waals surface area contributed by atoms with Gasteiger partial charge in [0.15, 0.2) is 0 Å². The Balaban J connectivity index is 1.77. The van der Waals surface area contributed by atoms with E-state index in [0.717, 1.165) is 26.3 Å². The van der Waals surface area contributed by atoms with E-state index in [1.165, 1.54) is 22.0 Å². The minimum absolute atomic E-state index is 0.418. The second kappa shape index (κ2) is 6.16. The molecule has 1 saturated heterocycles. The van der Waals surface area contributed by atoms with Crippen LogP contribution in [-0.2, 0) is 11.3 Å². The maximum atomic E-state index is 5.41. The molecule has 94 valence electrons. The van der Waals surface area contributed by atoms with E-state index >= 15 is 0 Å². The van der Waals surface area contributed by atoms with Crippen LogP contribution in [0.25, 0.3) is 0 Å². The number of benzene rings is 1. The first-order chi connectivity index (χ1) is 8.18. The Morgan fingerprint density at radius 3 is 2.53 bits per heavy atom. The molecule has 0 atom stereocenters. The molecule has 17 heavy (non-hydrogen) atoms. The Labute approximate surface area is 117 Å². The first-order valence-electron chi connectivity index (χ1n) is 6.21. The van der Waals surface area contributed by atoms with Crippen LogP contribution in [-0.4, -0.2) is 19.8 Å². The summed E-state index contributed by atoms with van der Waals surface area (Å²) in [6.45, 7) is 6.25. The van der Waals surface area contributed by atoms with Gasteiger partial charge in [-0.2, -0.15) is 0 Å². The Kier molecular flexibility index (Phi) is 4.82. The van der Waals surface area contributed by atoms with Crippen LogP contribution >= 0.6 is 22.6 Å². The molecule has 0 aliphatic carbocycles. The molecular formula is C14H20INO. The highest BCUT2D eigenvalue weighted by atomic mass is 127. The maximum Gasteiger partial charge on any atom is 0.0471 e. The fraction of sp³-hybridized carbons (Fsp3) is 0.571. The van der Waals surface area contributed by atoms with E-state index in [9.17, 15) is 0 Å². The van der Waals surface area contributed by atoms with Crippen molar-refractivity contribution in [3.05, 3.63) is 33.4 Å². The monoisotopic (exact) mass is 345 g/mol. The summed E-state index contributed by atoms with van der Waals surface area (Å²) in [5.41, 5.74) is 1.78. The highest BCUT2D eigenvalue weighted by molar-refractivity contribution is 14.1. The quantitative estimate of drug-likeness (QED) is 0.847. The van der Waals surface area contributed by atoms with E-state index in [4.69, 9.17) is 4.74 Å². The van der Waals surface area contributed by atoms with Crippen molar-refractivity contribution in [2.75, 3.05) is 19.8 Å².